The summed E-state index contributed by atoms with van der Waals surface area (Å²) in [5, 5.41) is 20.5. The van der Waals surface area contributed by atoms with Crippen LogP contribution >= 0.6 is 0 Å². The Morgan fingerprint density at radius 1 is 1.35 bits per heavy atom. The van der Waals surface area contributed by atoms with Gasteiger partial charge in [0.25, 0.3) is 0 Å². The van der Waals surface area contributed by atoms with Gasteiger partial charge in [-0.15, -0.1) is 0 Å². The van der Waals surface area contributed by atoms with Crippen molar-refractivity contribution in [2.24, 2.45) is 0 Å². The van der Waals surface area contributed by atoms with Crippen molar-refractivity contribution in [3.8, 4) is 0 Å². The van der Waals surface area contributed by atoms with Gasteiger partial charge in [0.05, 0.1) is 17.7 Å². The van der Waals surface area contributed by atoms with Gasteiger partial charge in [-0.3, -0.25) is 10.1 Å². The largest absolute Gasteiger partial charge is 0.370 e. The zero-order valence-electron chi connectivity index (χ0n) is 11.0. The summed E-state index contributed by atoms with van der Waals surface area (Å²) in [6, 6.07) is 4.69. The van der Waals surface area contributed by atoms with Crippen molar-refractivity contribution in [2.45, 2.75) is 19.9 Å². The Balaban J connectivity index is 2.15. The Hall–Kier alpha value is -2.64. The molecule has 0 aliphatic rings. The molecule has 106 valence electrons. The van der Waals surface area contributed by atoms with Gasteiger partial charge in [0.1, 0.15) is 5.82 Å². The summed E-state index contributed by atoms with van der Waals surface area (Å²) in [5.41, 5.74) is -0.0773. The van der Waals surface area contributed by atoms with Crippen LogP contribution in [0.1, 0.15) is 19.1 Å². The Morgan fingerprint density at radius 2 is 2.20 bits per heavy atom. The number of rotatable bonds is 7. The standard InChI is InChI=1S/C12H15N5O3/c1-2-6-13-11-4-3-10(17(18)19)12(16-11)14-8-9-5-7-15-20-9/h3-5,7H,2,6,8H2,1H3,(H2,13,14,16). The molecule has 0 spiro atoms. The summed E-state index contributed by atoms with van der Waals surface area (Å²) >= 11 is 0. The number of anilines is 2. The molecule has 0 aliphatic carbocycles. The molecule has 2 N–H and O–H groups in total. The molecule has 8 nitrogen and oxygen atoms in total. The van der Waals surface area contributed by atoms with Crippen molar-refractivity contribution in [3.05, 3.63) is 40.3 Å². The highest BCUT2D eigenvalue weighted by molar-refractivity contribution is 5.60. The van der Waals surface area contributed by atoms with Crippen molar-refractivity contribution in [3.63, 3.8) is 0 Å². The topological polar surface area (TPSA) is 106 Å². The molecule has 0 unspecified atom stereocenters. The van der Waals surface area contributed by atoms with Crippen molar-refractivity contribution < 1.29 is 9.45 Å². The van der Waals surface area contributed by atoms with Crippen LogP contribution in [-0.4, -0.2) is 21.6 Å². The van der Waals surface area contributed by atoms with Gasteiger partial charge in [0.15, 0.2) is 5.76 Å². The highest BCUT2D eigenvalue weighted by Crippen LogP contribution is 2.24. The van der Waals surface area contributed by atoms with Gasteiger partial charge in [0.2, 0.25) is 5.82 Å². The molecule has 2 aromatic rings. The van der Waals surface area contributed by atoms with Crippen LogP contribution < -0.4 is 10.6 Å². The van der Waals surface area contributed by atoms with Gasteiger partial charge in [-0.2, -0.15) is 0 Å². The van der Waals surface area contributed by atoms with E-state index in [1.54, 1.807) is 12.1 Å². The van der Waals surface area contributed by atoms with Gasteiger partial charge < -0.3 is 15.2 Å². The second-order valence-electron chi connectivity index (χ2n) is 4.08. The molecule has 0 aromatic carbocycles. The average molecular weight is 277 g/mol. The van der Waals surface area contributed by atoms with Crippen LogP contribution in [0.25, 0.3) is 0 Å². The molecule has 2 heterocycles. The lowest BCUT2D eigenvalue weighted by Crippen LogP contribution is -2.07. The van der Waals surface area contributed by atoms with Crippen LogP contribution in [0.2, 0.25) is 0 Å². The Bertz CT molecular complexity index is 570. The van der Waals surface area contributed by atoms with Gasteiger partial charge in [-0.1, -0.05) is 12.1 Å². The van der Waals surface area contributed by atoms with E-state index in [1.165, 1.54) is 12.3 Å². The number of pyridine rings is 1. The van der Waals surface area contributed by atoms with Crippen LogP contribution in [0.15, 0.2) is 28.9 Å². The minimum absolute atomic E-state index is 0.0773. The maximum Gasteiger partial charge on any atom is 0.311 e. The molecule has 0 saturated carbocycles. The normalized spacial score (nSPS) is 10.2. The van der Waals surface area contributed by atoms with E-state index in [0.717, 1.165) is 13.0 Å². The lowest BCUT2D eigenvalue weighted by Gasteiger charge is -2.08. The second kappa shape index (κ2) is 6.50. The minimum atomic E-state index is -0.473. The number of aromatic nitrogens is 2. The van der Waals surface area contributed by atoms with E-state index in [2.05, 4.69) is 20.8 Å². The van der Waals surface area contributed by atoms with E-state index >= 15 is 0 Å². The molecule has 0 atom stereocenters. The lowest BCUT2D eigenvalue weighted by molar-refractivity contribution is -0.384. The van der Waals surface area contributed by atoms with Gasteiger partial charge in [-0.05, 0) is 12.5 Å². The predicted octanol–water partition coefficient (Wildman–Crippen LogP) is 2.41. The third-order valence-corrected chi connectivity index (χ3v) is 2.55. The van der Waals surface area contributed by atoms with Crippen LogP contribution in [0.4, 0.5) is 17.3 Å². The maximum atomic E-state index is 11.0. The predicted molar refractivity (Wildman–Crippen MR) is 73.5 cm³/mol. The molecule has 8 heteroatoms. The molecule has 0 amide bonds. The van der Waals surface area contributed by atoms with E-state index in [1.807, 2.05) is 6.92 Å². The van der Waals surface area contributed by atoms with Crippen LogP contribution in [0.3, 0.4) is 0 Å². The zero-order chi connectivity index (χ0) is 14.4. The van der Waals surface area contributed by atoms with Crippen LogP contribution in [0.5, 0.6) is 0 Å². The van der Waals surface area contributed by atoms with Crippen molar-refractivity contribution in [1.29, 1.82) is 0 Å². The fourth-order valence-corrected chi connectivity index (χ4v) is 1.58. The first-order chi connectivity index (χ1) is 9.70. The lowest BCUT2D eigenvalue weighted by atomic mass is 10.3. The molecule has 0 aliphatic heterocycles. The summed E-state index contributed by atoms with van der Waals surface area (Å²) in [7, 11) is 0. The van der Waals surface area contributed by atoms with Gasteiger partial charge in [-0.25, -0.2) is 4.98 Å². The van der Waals surface area contributed by atoms with E-state index in [-0.39, 0.29) is 18.1 Å². The third kappa shape index (κ3) is 3.44. The number of hydrogen-bond donors (Lipinski definition) is 2. The smallest absolute Gasteiger partial charge is 0.311 e. The molecular weight excluding hydrogens is 262 g/mol. The quantitative estimate of drug-likeness (QED) is 0.591. The zero-order valence-corrected chi connectivity index (χ0v) is 11.0. The molecule has 2 aromatic heterocycles. The van der Waals surface area contributed by atoms with Crippen molar-refractivity contribution >= 4 is 17.3 Å². The van der Waals surface area contributed by atoms with E-state index in [9.17, 15) is 10.1 Å². The minimum Gasteiger partial charge on any atom is -0.370 e. The average Bonchev–Trinajstić information content (AvgIpc) is 2.96. The Kier molecular flexibility index (Phi) is 4.48. The summed E-state index contributed by atoms with van der Waals surface area (Å²) in [6.45, 7) is 3.07. The fraction of sp³-hybridized carbons (Fsp3) is 0.333. The Labute approximate surface area is 115 Å². The maximum absolute atomic E-state index is 11.0. The highest BCUT2D eigenvalue weighted by atomic mass is 16.6. The second-order valence-corrected chi connectivity index (χ2v) is 4.08. The fourth-order valence-electron chi connectivity index (χ4n) is 1.58. The summed E-state index contributed by atoms with van der Waals surface area (Å²) in [5.74, 6) is 1.37. The monoisotopic (exact) mass is 277 g/mol. The Morgan fingerprint density at radius 3 is 2.85 bits per heavy atom. The summed E-state index contributed by atoms with van der Waals surface area (Å²) < 4.78 is 4.92. The van der Waals surface area contributed by atoms with Gasteiger partial charge in [0, 0.05) is 18.7 Å². The molecule has 20 heavy (non-hydrogen) atoms. The molecule has 0 radical (unpaired) electrons. The molecule has 2 rings (SSSR count). The first kappa shape index (κ1) is 13.8. The number of hydrogen-bond acceptors (Lipinski definition) is 7. The molecule has 0 fully saturated rings. The van der Waals surface area contributed by atoms with Crippen molar-refractivity contribution in [1.82, 2.24) is 10.1 Å². The van der Waals surface area contributed by atoms with E-state index in [0.29, 0.717) is 11.6 Å². The molecule has 0 bridgehead atoms. The first-order valence-corrected chi connectivity index (χ1v) is 6.23. The van der Waals surface area contributed by atoms with Crippen LogP contribution in [-0.2, 0) is 6.54 Å². The number of nitro groups is 1. The molecular formula is C12H15N5O3. The number of nitrogens with zero attached hydrogens (tertiary/aromatic N) is 3. The first-order valence-electron chi connectivity index (χ1n) is 6.23. The SMILES string of the molecule is CCCNc1ccc([N+](=O)[O-])c(NCc2ccno2)n1. The summed E-state index contributed by atoms with van der Waals surface area (Å²) in [6.07, 6.45) is 2.46. The number of nitrogens with one attached hydrogen (secondary N) is 2. The highest BCUT2D eigenvalue weighted by Gasteiger charge is 2.16. The van der Waals surface area contributed by atoms with Gasteiger partial charge >= 0.3 is 5.69 Å². The van der Waals surface area contributed by atoms with E-state index < -0.39 is 4.92 Å². The van der Waals surface area contributed by atoms with Crippen LogP contribution in [0, 0.1) is 10.1 Å². The molecule has 0 saturated heterocycles. The van der Waals surface area contributed by atoms with E-state index in [4.69, 9.17) is 4.52 Å². The third-order valence-electron chi connectivity index (χ3n) is 2.55. The van der Waals surface area contributed by atoms with Crippen molar-refractivity contribution in [2.75, 3.05) is 17.2 Å². The summed E-state index contributed by atoms with van der Waals surface area (Å²) in [4.78, 5) is 14.7.